The summed E-state index contributed by atoms with van der Waals surface area (Å²) in [4.78, 5) is 0. The van der Waals surface area contributed by atoms with Crippen LogP contribution in [-0.2, 0) is 4.74 Å². The molecule has 3 nitrogen and oxygen atoms in total. The standard InChI is InChI=1S/C6H12N2O/c7-5-1-9-4-6(5)2-8-3-6/h5,8H,1-4,7H2/t5-/m1/s1. The molecule has 0 aromatic heterocycles. The van der Waals surface area contributed by atoms with E-state index >= 15 is 0 Å². The van der Waals surface area contributed by atoms with Crippen molar-refractivity contribution in [3.05, 3.63) is 0 Å². The summed E-state index contributed by atoms with van der Waals surface area (Å²) in [7, 11) is 0. The average Bonchev–Trinajstić information content (AvgIpc) is 2.07. The van der Waals surface area contributed by atoms with Gasteiger partial charge in [-0.1, -0.05) is 0 Å². The number of ether oxygens (including phenoxy) is 1. The molecule has 2 saturated heterocycles. The zero-order valence-electron chi connectivity index (χ0n) is 5.39. The van der Waals surface area contributed by atoms with Gasteiger partial charge in [-0.15, -0.1) is 0 Å². The Labute approximate surface area is 54.6 Å². The van der Waals surface area contributed by atoms with Gasteiger partial charge in [0, 0.05) is 24.5 Å². The maximum Gasteiger partial charge on any atom is 0.0625 e. The van der Waals surface area contributed by atoms with Gasteiger partial charge in [-0.25, -0.2) is 0 Å². The van der Waals surface area contributed by atoms with Crippen LogP contribution in [0.2, 0.25) is 0 Å². The van der Waals surface area contributed by atoms with E-state index in [2.05, 4.69) is 5.32 Å². The van der Waals surface area contributed by atoms with E-state index in [1.807, 2.05) is 0 Å². The molecule has 0 radical (unpaired) electrons. The summed E-state index contributed by atoms with van der Waals surface area (Å²) >= 11 is 0. The molecule has 2 heterocycles. The van der Waals surface area contributed by atoms with Crippen LogP contribution in [0.4, 0.5) is 0 Å². The quantitative estimate of drug-likeness (QED) is 0.437. The van der Waals surface area contributed by atoms with Crippen LogP contribution in [0.3, 0.4) is 0 Å². The van der Waals surface area contributed by atoms with Gasteiger partial charge in [0.15, 0.2) is 0 Å². The Morgan fingerprint density at radius 3 is 2.56 bits per heavy atom. The summed E-state index contributed by atoms with van der Waals surface area (Å²) < 4.78 is 5.25. The van der Waals surface area contributed by atoms with Crippen molar-refractivity contribution in [2.75, 3.05) is 26.3 Å². The highest BCUT2D eigenvalue weighted by molar-refractivity contribution is 5.02. The van der Waals surface area contributed by atoms with Gasteiger partial charge in [0.2, 0.25) is 0 Å². The zero-order chi connectivity index (χ0) is 6.32. The van der Waals surface area contributed by atoms with Gasteiger partial charge in [0.05, 0.1) is 13.2 Å². The Morgan fingerprint density at radius 1 is 1.56 bits per heavy atom. The third kappa shape index (κ3) is 0.625. The lowest BCUT2D eigenvalue weighted by Crippen LogP contribution is -2.62. The summed E-state index contributed by atoms with van der Waals surface area (Å²) in [5.41, 5.74) is 6.13. The summed E-state index contributed by atoms with van der Waals surface area (Å²) in [5, 5.41) is 3.21. The molecule has 0 amide bonds. The number of nitrogens with two attached hydrogens (primary N) is 1. The molecule has 0 aromatic rings. The molecule has 9 heavy (non-hydrogen) atoms. The first-order chi connectivity index (χ1) is 4.33. The third-order valence-corrected chi connectivity index (χ3v) is 2.43. The number of rotatable bonds is 0. The smallest absolute Gasteiger partial charge is 0.0625 e. The van der Waals surface area contributed by atoms with Gasteiger partial charge in [0.1, 0.15) is 0 Å². The fourth-order valence-corrected chi connectivity index (χ4v) is 1.48. The van der Waals surface area contributed by atoms with Crippen molar-refractivity contribution in [3.63, 3.8) is 0 Å². The van der Waals surface area contributed by atoms with Crippen LogP contribution in [0.5, 0.6) is 0 Å². The highest BCUT2D eigenvalue weighted by Gasteiger charge is 2.46. The third-order valence-electron chi connectivity index (χ3n) is 2.43. The molecule has 0 aromatic carbocycles. The van der Waals surface area contributed by atoms with Crippen LogP contribution >= 0.6 is 0 Å². The Bertz CT molecular complexity index is 122. The first-order valence-corrected chi connectivity index (χ1v) is 3.38. The molecule has 0 bridgehead atoms. The van der Waals surface area contributed by atoms with Crippen LogP contribution in [0.15, 0.2) is 0 Å². The van der Waals surface area contributed by atoms with Gasteiger partial charge < -0.3 is 15.8 Å². The second-order valence-electron chi connectivity index (χ2n) is 3.09. The fraction of sp³-hybridized carbons (Fsp3) is 1.00. The lowest BCUT2D eigenvalue weighted by atomic mass is 9.78. The van der Waals surface area contributed by atoms with Gasteiger partial charge >= 0.3 is 0 Å². The molecular weight excluding hydrogens is 116 g/mol. The van der Waals surface area contributed by atoms with E-state index in [-0.39, 0.29) is 6.04 Å². The van der Waals surface area contributed by atoms with Crippen LogP contribution in [0, 0.1) is 5.41 Å². The van der Waals surface area contributed by atoms with E-state index in [1.165, 1.54) is 0 Å². The summed E-state index contributed by atoms with van der Waals surface area (Å²) in [5.74, 6) is 0. The molecular formula is C6H12N2O. The number of hydrogen-bond acceptors (Lipinski definition) is 3. The molecule has 2 rings (SSSR count). The highest BCUT2D eigenvalue weighted by Crippen LogP contribution is 2.30. The predicted molar refractivity (Wildman–Crippen MR) is 34.1 cm³/mol. The SMILES string of the molecule is N[C@@H]1COCC12CNC2. The number of nitrogens with one attached hydrogen (secondary N) is 1. The van der Waals surface area contributed by atoms with E-state index in [4.69, 9.17) is 10.5 Å². The van der Waals surface area contributed by atoms with Gasteiger partial charge in [-0.3, -0.25) is 0 Å². The summed E-state index contributed by atoms with van der Waals surface area (Å²) in [6.45, 7) is 3.71. The summed E-state index contributed by atoms with van der Waals surface area (Å²) in [6.07, 6.45) is 0. The van der Waals surface area contributed by atoms with E-state index in [0.717, 1.165) is 26.3 Å². The molecule has 1 atom stereocenters. The lowest BCUT2D eigenvalue weighted by Gasteiger charge is -2.40. The van der Waals surface area contributed by atoms with Gasteiger partial charge in [-0.2, -0.15) is 0 Å². The maximum absolute atomic E-state index is 5.81. The molecule has 1 spiro atoms. The minimum atomic E-state index is 0.277. The molecule has 3 N–H and O–H groups in total. The van der Waals surface area contributed by atoms with E-state index in [9.17, 15) is 0 Å². The van der Waals surface area contributed by atoms with Crippen molar-refractivity contribution in [1.29, 1.82) is 0 Å². The van der Waals surface area contributed by atoms with Crippen LogP contribution in [-0.4, -0.2) is 32.3 Å². The molecule has 2 fully saturated rings. The minimum absolute atomic E-state index is 0.277. The minimum Gasteiger partial charge on any atom is -0.379 e. The Kier molecular flexibility index (Phi) is 1.06. The largest absolute Gasteiger partial charge is 0.379 e. The second kappa shape index (κ2) is 1.68. The lowest BCUT2D eigenvalue weighted by molar-refractivity contribution is 0.108. The molecule has 0 aliphatic carbocycles. The van der Waals surface area contributed by atoms with Gasteiger partial charge in [-0.05, 0) is 0 Å². The topological polar surface area (TPSA) is 47.3 Å². The first kappa shape index (κ1) is 5.65. The molecule has 52 valence electrons. The maximum atomic E-state index is 5.81. The van der Waals surface area contributed by atoms with Crippen LogP contribution in [0.25, 0.3) is 0 Å². The summed E-state index contributed by atoms with van der Waals surface area (Å²) in [6, 6.07) is 0.277. The van der Waals surface area contributed by atoms with Crippen molar-refractivity contribution in [2.24, 2.45) is 11.1 Å². The fourth-order valence-electron chi connectivity index (χ4n) is 1.48. The van der Waals surface area contributed by atoms with Crippen molar-refractivity contribution >= 4 is 0 Å². The normalized spacial score (nSPS) is 39.0. The van der Waals surface area contributed by atoms with Crippen molar-refractivity contribution in [3.8, 4) is 0 Å². The first-order valence-electron chi connectivity index (χ1n) is 3.38. The number of hydrogen-bond donors (Lipinski definition) is 2. The van der Waals surface area contributed by atoms with E-state index < -0.39 is 0 Å². The molecule has 0 saturated carbocycles. The monoisotopic (exact) mass is 128 g/mol. The van der Waals surface area contributed by atoms with Crippen molar-refractivity contribution in [2.45, 2.75) is 6.04 Å². The Morgan fingerprint density at radius 2 is 2.33 bits per heavy atom. The average molecular weight is 128 g/mol. The molecule has 2 aliphatic rings. The second-order valence-corrected chi connectivity index (χ2v) is 3.09. The molecule has 0 unspecified atom stereocenters. The molecule has 3 heteroatoms. The van der Waals surface area contributed by atoms with Gasteiger partial charge in [0.25, 0.3) is 0 Å². The predicted octanol–water partition coefficient (Wildman–Crippen LogP) is -1.07. The van der Waals surface area contributed by atoms with Crippen molar-refractivity contribution < 1.29 is 4.74 Å². The molecule has 2 aliphatic heterocycles. The van der Waals surface area contributed by atoms with Crippen molar-refractivity contribution in [1.82, 2.24) is 5.32 Å². The van der Waals surface area contributed by atoms with E-state index in [0.29, 0.717) is 5.41 Å². The van der Waals surface area contributed by atoms with Crippen LogP contribution in [0.1, 0.15) is 0 Å². The highest BCUT2D eigenvalue weighted by atomic mass is 16.5. The van der Waals surface area contributed by atoms with E-state index in [1.54, 1.807) is 0 Å². The Balaban J connectivity index is 2.09. The van der Waals surface area contributed by atoms with Crippen LogP contribution < -0.4 is 11.1 Å². The Hall–Kier alpha value is -0.120. The zero-order valence-corrected chi connectivity index (χ0v) is 5.39.